The van der Waals surface area contributed by atoms with Gasteiger partial charge in [-0.1, -0.05) is 63.0 Å². The molecule has 0 amide bonds. The van der Waals surface area contributed by atoms with Crippen LogP contribution in [0.5, 0.6) is 5.75 Å². The molecule has 5 rings (SSSR count). The molecule has 2 aliphatic rings. The molecule has 156 valence electrons. The van der Waals surface area contributed by atoms with Crippen molar-refractivity contribution in [1.82, 2.24) is 4.98 Å². The Labute approximate surface area is 179 Å². The highest BCUT2D eigenvalue weighted by Crippen LogP contribution is 2.51. The molecule has 0 saturated carbocycles. The van der Waals surface area contributed by atoms with Crippen LogP contribution in [-0.4, -0.2) is 11.6 Å². The van der Waals surface area contributed by atoms with Crippen molar-refractivity contribution in [2.75, 3.05) is 11.9 Å². The third-order valence-corrected chi connectivity index (χ3v) is 6.81. The van der Waals surface area contributed by atoms with E-state index in [1.165, 1.54) is 53.4 Å². The lowest BCUT2D eigenvalue weighted by molar-refractivity contribution is 0.303. The molecule has 3 aromatic rings. The summed E-state index contributed by atoms with van der Waals surface area (Å²) in [7, 11) is 0. The van der Waals surface area contributed by atoms with Crippen molar-refractivity contribution in [3.8, 4) is 5.75 Å². The van der Waals surface area contributed by atoms with Crippen molar-refractivity contribution in [1.29, 1.82) is 0 Å². The number of unbranched alkanes of at least 4 members (excludes halogenated alkanes) is 4. The summed E-state index contributed by atoms with van der Waals surface area (Å²) >= 11 is 0. The smallest absolute Gasteiger partial charge is 0.119 e. The average Bonchev–Trinajstić information content (AvgIpc) is 3.43. The van der Waals surface area contributed by atoms with Crippen LogP contribution in [0.25, 0.3) is 10.9 Å². The summed E-state index contributed by atoms with van der Waals surface area (Å²) in [5, 5.41) is 5.19. The Morgan fingerprint density at radius 1 is 1.00 bits per heavy atom. The van der Waals surface area contributed by atoms with Gasteiger partial charge in [-0.2, -0.15) is 0 Å². The van der Waals surface area contributed by atoms with Crippen molar-refractivity contribution in [2.45, 2.75) is 57.4 Å². The van der Waals surface area contributed by atoms with E-state index in [1.54, 1.807) is 0 Å². The van der Waals surface area contributed by atoms with E-state index in [1.807, 2.05) is 0 Å². The maximum atomic E-state index is 6.10. The Bertz CT molecular complexity index is 1030. The number of fused-ring (bicyclic) bond motifs is 4. The molecule has 1 aromatic heterocycles. The molecule has 3 nitrogen and oxygen atoms in total. The van der Waals surface area contributed by atoms with Crippen LogP contribution in [-0.2, 0) is 0 Å². The predicted octanol–water partition coefficient (Wildman–Crippen LogP) is 7.34. The molecule has 30 heavy (non-hydrogen) atoms. The largest absolute Gasteiger partial charge is 0.494 e. The molecule has 3 heteroatoms. The number of aromatic amines is 1. The quantitative estimate of drug-likeness (QED) is 0.306. The number of anilines is 1. The number of allylic oxidation sites excluding steroid dienone is 2. The second-order valence-electron chi connectivity index (χ2n) is 8.78. The van der Waals surface area contributed by atoms with Crippen LogP contribution in [0.15, 0.2) is 60.8 Å². The van der Waals surface area contributed by atoms with E-state index >= 15 is 0 Å². The number of H-pyrrole nitrogens is 1. The van der Waals surface area contributed by atoms with Crippen molar-refractivity contribution in [3.63, 3.8) is 0 Å². The van der Waals surface area contributed by atoms with Crippen molar-refractivity contribution < 1.29 is 4.74 Å². The third kappa shape index (κ3) is 3.62. The second-order valence-corrected chi connectivity index (χ2v) is 8.78. The highest BCUT2D eigenvalue weighted by atomic mass is 16.5. The zero-order valence-electron chi connectivity index (χ0n) is 17.9. The standard InChI is InChI=1S/C27H32N2O/c1-2-3-4-5-8-16-30-19-14-15-26-23(17-19)20-11-9-12-22(20)27(29-26)24-18-28-25-13-7-6-10-21(24)25/h6-7,9-11,13-15,17-18,20,22,27-29H,2-5,8,12,16H2,1H3. The van der Waals surface area contributed by atoms with Crippen LogP contribution < -0.4 is 10.1 Å². The number of hydrogen-bond acceptors (Lipinski definition) is 2. The van der Waals surface area contributed by atoms with Crippen LogP contribution in [0, 0.1) is 5.92 Å². The monoisotopic (exact) mass is 400 g/mol. The van der Waals surface area contributed by atoms with Gasteiger partial charge in [0.25, 0.3) is 0 Å². The van der Waals surface area contributed by atoms with Crippen molar-refractivity contribution >= 4 is 16.6 Å². The van der Waals surface area contributed by atoms with Gasteiger partial charge in [0.2, 0.25) is 0 Å². The first kappa shape index (κ1) is 19.3. The van der Waals surface area contributed by atoms with E-state index in [4.69, 9.17) is 4.74 Å². The van der Waals surface area contributed by atoms with Gasteiger partial charge in [0.05, 0.1) is 12.6 Å². The fourth-order valence-corrected chi connectivity index (χ4v) is 5.22. The van der Waals surface area contributed by atoms with Crippen molar-refractivity contribution in [2.24, 2.45) is 5.92 Å². The summed E-state index contributed by atoms with van der Waals surface area (Å²) in [6.45, 7) is 3.07. The first-order valence-electron chi connectivity index (χ1n) is 11.6. The molecule has 0 bridgehead atoms. The average molecular weight is 401 g/mol. The van der Waals surface area contributed by atoms with Crippen LogP contribution >= 0.6 is 0 Å². The lowest BCUT2D eigenvalue weighted by atomic mass is 9.77. The molecule has 0 saturated heterocycles. The van der Waals surface area contributed by atoms with E-state index < -0.39 is 0 Å². The molecule has 2 N–H and O–H groups in total. The molecule has 0 radical (unpaired) electrons. The lowest BCUT2D eigenvalue weighted by Crippen LogP contribution is -2.28. The van der Waals surface area contributed by atoms with Gasteiger partial charge in [0.1, 0.15) is 5.75 Å². The summed E-state index contributed by atoms with van der Waals surface area (Å²) in [4.78, 5) is 3.46. The molecule has 3 atom stereocenters. The van der Waals surface area contributed by atoms with E-state index in [-0.39, 0.29) is 0 Å². The Morgan fingerprint density at radius 3 is 2.83 bits per heavy atom. The Balaban J connectivity index is 1.35. The summed E-state index contributed by atoms with van der Waals surface area (Å²) in [5.41, 5.74) is 5.22. The number of rotatable bonds is 8. The zero-order valence-corrected chi connectivity index (χ0v) is 17.9. The van der Waals surface area contributed by atoms with Gasteiger partial charge in [-0.3, -0.25) is 0 Å². The Hall–Kier alpha value is -2.68. The molecule has 2 heterocycles. The summed E-state index contributed by atoms with van der Waals surface area (Å²) in [5.74, 6) is 2.00. The number of para-hydroxylation sites is 1. The van der Waals surface area contributed by atoms with Gasteiger partial charge in [-0.25, -0.2) is 0 Å². The van der Waals surface area contributed by atoms with E-state index in [9.17, 15) is 0 Å². The highest BCUT2D eigenvalue weighted by molar-refractivity contribution is 5.84. The maximum Gasteiger partial charge on any atom is 0.119 e. The molecule has 0 spiro atoms. The van der Waals surface area contributed by atoms with Gasteiger partial charge in [0.15, 0.2) is 0 Å². The minimum absolute atomic E-state index is 0.319. The second kappa shape index (κ2) is 8.59. The molecule has 2 aromatic carbocycles. The van der Waals surface area contributed by atoms with E-state index in [0.29, 0.717) is 17.9 Å². The molecule has 1 aliphatic heterocycles. The number of benzene rings is 2. The Morgan fingerprint density at radius 2 is 1.90 bits per heavy atom. The van der Waals surface area contributed by atoms with E-state index in [0.717, 1.165) is 25.2 Å². The molecular weight excluding hydrogens is 368 g/mol. The number of nitrogens with one attached hydrogen (secondary N) is 2. The summed E-state index contributed by atoms with van der Waals surface area (Å²) in [6.07, 6.45) is 14.4. The van der Waals surface area contributed by atoms with Gasteiger partial charge in [0, 0.05) is 28.7 Å². The molecule has 1 aliphatic carbocycles. The first-order chi connectivity index (χ1) is 14.8. The van der Waals surface area contributed by atoms with Crippen LogP contribution in [0.2, 0.25) is 0 Å². The topological polar surface area (TPSA) is 37.0 Å². The van der Waals surface area contributed by atoms with Crippen LogP contribution in [0.3, 0.4) is 0 Å². The Kier molecular flexibility index (Phi) is 5.52. The fraction of sp³-hybridized carbons (Fsp3) is 0.407. The lowest BCUT2D eigenvalue weighted by Gasteiger charge is -2.37. The third-order valence-electron chi connectivity index (χ3n) is 6.81. The predicted molar refractivity (Wildman–Crippen MR) is 125 cm³/mol. The van der Waals surface area contributed by atoms with Crippen LogP contribution in [0.1, 0.15) is 68.5 Å². The van der Waals surface area contributed by atoms with Crippen molar-refractivity contribution in [3.05, 3.63) is 71.9 Å². The van der Waals surface area contributed by atoms with Gasteiger partial charge in [-0.05, 0) is 54.2 Å². The summed E-state index contributed by atoms with van der Waals surface area (Å²) in [6, 6.07) is 15.5. The summed E-state index contributed by atoms with van der Waals surface area (Å²) < 4.78 is 6.10. The number of aromatic nitrogens is 1. The minimum atomic E-state index is 0.319. The number of hydrogen-bond donors (Lipinski definition) is 2. The number of ether oxygens (including phenoxy) is 1. The van der Waals surface area contributed by atoms with Gasteiger partial charge < -0.3 is 15.0 Å². The molecular formula is C27H32N2O. The highest BCUT2D eigenvalue weighted by Gasteiger charge is 2.38. The SMILES string of the molecule is CCCCCCCOc1ccc2c(c1)C1C=CCC1C(c1c[nH]c3ccccc13)N2. The normalized spacial score (nSPS) is 22.0. The van der Waals surface area contributed by atoms with Crippen LogP contribution in [0.4, 0.5) is 5.69 Å². The van der Waals surface area contributed by atoms with Gasteiger partial charge >= 0.3 is 0 Å². The zero-order chi connectivity index (χ0) is 20.3. The van der Waals surface area contributed by atoms with Gasteiger partial charge in [-0.15, -0.1) is 0 Å². The minimum Gasteiger partial charge on any atom is -0.494 e. The molecule has 0 fully saturated rings. The fourth-order valence-electron chi connectivity index (χ4n) is 5.22. The van der Waals surface area contributed by atoms with E-state index in [2.05, 4.69) is 78.0 Å². The maximum absolute atomic E-state index is 6.10. The molecule has 3 unspecified atom stereocenters. The first-order valence-corrected chi connectivity index (χ1v) is 11.6.